The van der Waals surface area contributed by atoms with Gasteiger partial charge in [0.25, 0.3) is 0 Å². The Kier molecular flexibility index (Phi) is 6.50. The van der Waals surface area contributed by atoms with Crippen molar-refractivity contribution in [3.63, 3.8) is 0 Å². The zero-order valence-electron chi connectivity index (χ0n) is 12.1. The predicted molar refractivity (Wildman–Crippen MR) is 81.9 cm³/mol. The molecule has 1 N–H and O–H groups in total. The van der Waals surface area contributed by atoms with Gasteiger partial charge in [-0.1, -0.05) is 18.9 Å². The topological polar surface area (TPSA) is 41.6 Å². The van der Waals surface area contributed by atoms with E-state index < -0.39 is 0 Å². The molecule has 1 saturated carbocycles. The van der Waals surface area contributed by atoms with Gasteiger partial charge in [-0.15, -0.1) is 11.3 Å². The molecule has 1 fully saturated rings. The van der Waals surface area contributed by atoms with Crippen molar-refractivity contribution in [2.45, 2.75) is 38.3 Å². The molecule has 0 spiro atoms. The van der Waals surface area contributed by atoms with E-state index in [1.54, 1.807) is 18.4 Å². The molecule has 2 rings (SSSR count). The number of carbonyl (C=O) groups excluding carboxylic acids is 1. The first-order valence-corrected chi connectivity index (χ1v) is 8.20. The minimum Gasteiger partial charge on any atom is -0.383 e. The molecule has 4 nitrogen and oxygen atoms in total. The molecule has 1 aromatic rings. The van der Waals surface area contributed by atoms with Crippen molar-refractivity contribution in [3.05, 3.63) is 22.4 Å². The molecule has 1 heterocycles. The molecule has 0 radical (unpaired) electrons. The predicted octanol–water partition coefficient (Wildman–Crippen LogP) is 2.26. The van der Waals surface area contributed by atoms with Gasteiger partial charge in [-0.25, -0.2) is 0 Å². The Morgan fingerprint density at radius 1 is 1.50 bits per heavy atom. The van der Waals surface area contributed by atoms with Crippen LogP contribution in [-0.4, -0.2) is 43.7 Å². The third-order valence-corrected chi connectivity index (χ3v) is 4.60. The van der Waals surface area contributed by atoms with E-state index in [4.69, 9.17) is 4.74 Å². The first kappa shape index (κ1) is 15.5. The summed E-state index contributed by atoms with van der Waals surface area (Å²) < 4.78 is 5.11. The number of nitrogens with one attached hydrogen (secondary N) is 1. The maximum atomic E-state index is 12.3. The molecule has 1 aliphatic carbocycles. The maximum Gasteiger partial charge on any atom is 0.236 e. The maximum absolute atomic E-state index is 12.3. The van der Waals surface area contributed by atoms with Crippen molar-refractivity contribution in [1.29, 1.82) is 0 Å². The van der Waals surface area contributed by atoms with Crippen LogP contribution in [0.4, 0.5) is 0 Å². The first-order valence-electron chi connectivity index (χ1n) is 7.32. The van der Waals surface area contributed by atoms with Crippen LogP contribution in [0.5, 0.6) is 0 Å². The number of thiophene rings is 1. The Morgan fingerprint density at radius 3 is 2.95 bits per heavy atom. The van der Waals surface area contributed by atoms with E-state index in [0.29, 0.717) is 32.3 Å². The summed E-state index contributed by atoms with van der Waals surface area (Å²) in [7, 11) is 1.67. The highest BCUT2D eigenvalue weighted by atomic mass is 32.1. The molecule has 0 unspecified atom stereocenters. The Morgan fingerprint density at radius 2 is 2.30 bits per heavy atom. The van der Waals surface area contributed by atoms with Crippen LogP contribution in [0.2, 0.25) is 0 Å². The van der Waals surface area contributed by atoms with E-state index in [9.17, 15) is 4.79 Å². The third kappa shape index (κ3) is 4.89. The summed E-state index contributed by atoms with van der Waals surface area (Å²) in [5.74, 6) is 0.169. The van der Waals surface area contributed by atoms with Gasteiger partial charge in [-0.2, -0.15) is 0 Å². The average Bonchev–Trinajstić information content (AvgIpc) is 3.13. The van der Waals surface area contributed by atoms with Gasteiger partial charge in [-0.05, 0) is 24.3 Å². The minimum absolute atomic E-state index is 0.169. The van der Waals surface area contributed by atoms with Crippen molar-refractivity contribution in [1.82, 2.24) is 10.2 Å². The zero-order chi connectivity index (χ0) is 14.2. The summed E-state index contributed by atoms with van der Waals surface area (Å²) in [6.45, 7) is 2.37. The van der Waals surface area contributed by atoms with Crippen molar-refractivity contribution >= 4 is 17.2 Å². The Labute approximate surface area is 125 Å². The molecular weight excluding hydrogens is 272 g/mol. The van der Waals surface area contributed by atoms with Crippen molar-refractivity contribution in [2.75, 3.05) is 26.8 Å². The fourth-order valence-electron chi connectivity index (χ4n) is 2.56. The highest BCUT2D eigenvalue weighted by Gasteiger charge is 2.18. The molecule has 0 atom stereocenters. The fraction of sp³-hybridized carbons (Fsp3) is 0.667. The molecule has 0 bridgehead atoms. The SMILES string of the molecule is COCCN(Cc1cccs1)C(=O)CNC1CCCC1. The number of amides is 1. The number of rotatable bonds is 8. The van der Waals surface area contributed by atoms with Gasteiger partial charge in [0.05, 0.1) is 19.7 Å². The lowest BCUT2D eigenvalue weighted by Gasteiger charge is -2.23. The smallest absolute Gasteiger partial charge is 0.236 e. The lowest BCUT2D eigenvalue weighted by Crippen LogP contribution is -2.41. The molecule has 112 valence electrons. The second kappa shape index (κ2) is 8.39. The molecule has 1 aliphatic rings. The number of ether oxygens (including phenoxy) is 1. The van der Waals surface area contributed by atoms with Gasteiger partial charge < -0.3 is 15.0 Å². The standard InChI is InChI=1S/C15H24N2O2S/c1-19-9-8-17(12-14-7-4-10-20-14)15(18)11-16-13-5-2-3-6-13/h4,7,10,13,16H,2-3,5-6,8-9,11-12H2,1H3. The normalized spacial score (nSPS) is 15.7. The van der Waals surface area contributed by atoms with Gasteiger partial charge in [-0.3, -0.25) is 4.79 Å². The van der Waals surface area contributed by atoms with Crippen LogP contribution in [0.15, 0.2) is 17.5 Å². The van der Waals surface area contributed by atoms with Gasteiger partial charge in [0.2, 0.25) is 5.91 Å². The summed E-state index contributed by atoms with van der Waals surface area (Å²) in [6.07, 6.45) is 4.98. The van der Waals surface area contributed by atoms with Crippen LogP contribution in [0.1, 0.15) is 30.6 Å². The van der Waals surface area contributed by atoms with E-state index in [-0.39, 0.29) is 5.91 Å². The molecule has 20 heavy (non-hydrogen) atoms. The van der Waals surface area contributed by atoms with Gasteiger partial charge >= 0.3 is 0 Å². The number of carbonyl (C=O) groups is 1. The van der Waals surface area contributed by atoms with Gasteiger partial charge in [0.1, 0.15) is 0 Å². The Bertz CT molecular complexity index is 389. The summed E-state index contributed by atoms with van der Waals surface area (Å²) in [4.78, 5) is 15.4. The average molecular weight is 296 g/mol. The monoisotopic (exact) mass is 296 g/mol. The first-order chi connectivity index (χ1) is 9.79. The van der Waals surface area contributed by atoms with E-state index in [2.05, 4.69) is 11.4 Å². The highest BCUT2D eigenvalue weighted by Crippen LogP contribution is 2.17. The highest BCUT2D eigenvalue weighted by molar-refractivity contribution is 7.09. The molecule has 0 aromatic carbocycles. The lowest BCUT2D eigenvalue weighted by molar-refractivity contribution is -0.131. The number of hydrogen-bond donors (Lipinski definition) is 1. The minimum atomic E-state index is 0.169. The van der Waals surface area contributed by atoms with Gasteiger partial charge in [0.15, 0.2) is 0 Å². The van der Waals surface area contributed by atoms with E-state index in [1.807, 2.05) is 16.3 Å². The molecule has 1 aromatic heterocycles. The van der Waals surface area contributed by atoms with Crippen LogP contribution >= 0.6 is 11.3 Å². The molecule has 0 saturated heterocycles. The number of methoxy groups -OCH3 is 1. The van der Waals surface area contributed by atoms with Crippen molar-refractivity contribution in [3.8, 4) is 0 Å². The zero-order valence-corrected chi connectivity index (χ0v) is 13.0. The van der Waals surface area contributed by atoms with Crippen LogP contribution in [0.3, 0.4) is 0 Å². The van der Waals surface area contributed by atoms with E-state index in [0.717, 1.165) is 0 Å². The number of hydrogen-bond acceptors (Lipinski definition) is 4. The largest absolute Gasteiger partial charge is 0.383 e. The Hall–Kier alpha value is -0.910. The van der Waals surface area contributed by atoms with Crippen molar-refractivity contribution in [2.24, 2.45) is 0 Å². The molecular formula is C15H24N2O2S. The van der Waals surface area contributed by atoms with Crippen molar-refractivity contribution < 1.29 is 9.53 Å². The number of nitrogens with zero attached hydrogens (tertiary/aromatic N) is 1. The summed E-state index contributed by atoms with van der Waals surface area (Å²) in [5, 5.41) is 5.44. The fourth-order valence-corrected chi connectivity index (χ4v) is 3.28. The van der Waals surface area contributed by atoms with Crippen LogP contribution < -0.4 is 5.32 Å². The Balaban J connectivity index is 1.82. The summed E-state index contributed by atoms with van der Waals surface area (Å²) >= 11 is 1.69. The van der Waals surface area contributed by atoms with Crippen LogP contribution in [-0.2, 0) is 16.1 Å². The quantitative estimate of drug-likeness (QED) is 0.800. The molecule has 1 amide bonds. The second-order valence-corrected chi connectivity index (χ2v) is 6.28. The molecule has 5 heteroatoms. The third-order valence-electron chi connectivity index (χ3n) is 3.74. The summed E-state index contributed by atoms with van der Waals surface area (Å²) in [6, 6.07) is 4.63. The van der Waals surface area contributed by atoms with Gasteiger partial charge in [0, 0.05) is 24.6 Å². The van der Waals surface area contributed by atoms with Crippen LogP contribution in [0, 0.1) is 0 Å². The second-order valence-electron chi connectivity index (χ2n) is 5.25. The van der Waals surface area contributed by atoms with Crippen LogP contribution in [0.25, 0.3) is 0 Å². The van der Waals surface area contributed by atoms with E-state index >= 15 is 0 Å². The molecule has 0 aliphatic heterocycles. The van der Waals surface area contributed by atoms with E-state index in [1.165, 1.54) is 30.6 Å². The summed E-state index contributed by atoms with van der Waals surface area (Å²) in [5.41, 5.74) is 0. The lowest BCUT2D eigenvalue weighted by atomic mass is 10.2.